The van der Waals surface area contributed by atoms with Crippen molar-refractivity contribution in [2.45, 2.75) is 41.7 Å². The van der Waals surface area contributed by atoms with Gasteiger partial charge < -0.3 is 14.8 Å². The van der Waals surface area contributed by atoms with Crippen LogP contribution in [-0.2, 0) is 32.4 Å². The highest BCUT2D eigenvalue weighted by Crippen LogP contribution is 2.29. The molecule has 1 N–H and O–H groups in total. The number of carbonyl (C=O) groups excluding carboxylic acids is 3. The van der Waals surface area contributed by atoms with Crippen LogP contribution in [0.15, 0.2) is 107 Å². The lowest BCUT2D eigenvalue weighted by atomic mass is 10.1. The van der Waals surface area contributed by atoms with Crippen molar-refractivity contribution in [2.75, 3.05) is 20.2 Å². The molecule has 0 bridgehead atoms. The first-order valence-electron chi connectivity index (χ1n) is 14.7. The summed E-state index contributed by atoms with van der Waals surface area (Å²) in [6, 6.07) is 25.8. The van der Waals surface area contributed by atoms with E-state index in [1.165, 1.54) is 49.6 Å². The topological polar surface area (TPSA) is 119 Å². The van der Waals surface area contributed by atoms with E-state index in [9.17, 15) is 22.8 Å². The summed E-state index contributed by atoms with van der Waals surface area (Å²) in [6.45, 7) is 0.506. The molecule has 0 aliphatic carbocycles. The van der Waals surface area contributed by atoms with Crippen molar-refractivity contribution in [3.63, 3.8) is 0 Å². The maximum Gasteiger partial charge on any atom is 0.323 e. The zero-order valence-electron chi connectivity index (χ0n) is 25.1. The van der Waals surface area contributed by atoms with Gasteiger partial charge in [-0.2, -0.15) is 0 Å². The van der Waals surface area contributed by atoms with Crippen molar-refractivity contribution in [1.29, 1.82) is 0 Å². The molecule has 46 heavy (non-hydrogen) atoms. The standard InChI is InChI=1S/C35H33ClN2O7S/c1-44-27-13-15-28(16-14-27)46(42,43)29-17-18-30-31(22-29)34(40)38(33(30)39)21-19-32(35(41)45-23-25-6-3-2-4-7-25)37-20-5-8-24-9-11-26(36)12-10-24/h2-4,6-7,9-18,22,32,37H,5,8,19-21,23H2,1H3. The molecule has 9 nitrogen and oxygen atoms in total. The van der Waals surface area contributed by atoms with Crippen molar-refractivity contribution in [1.82, 2.24) is 10.2 Å². The van der Waals surface area contributed by atoms with Gasteiger partial charge in [-0.3, -0.25) is 19.3 Å². The maximum absolute atomic E-state index is 13.4. The minimum absolute atomic E-state index is 0.00119. The molecular formula is C35H33ClN2O7S. The van der Waals surface area contributed by atoms with E-state index in [2.05, 4.69) is 5.32 Å². The van der Waals surface area contributed by atoms with Crippen LogP contribution in [0.5, 0.6) is 5.75 Å². The second kappa shape index (κ2) is 14.7. The first-order valence-corrected chi connectivity index (χ1v) is 16.6. The monoisotopic (exact) mass is 660 g/mol. The number of nitrogens with zero attached hydrogens (tertiary/aromatic N) is 1. The van der Waals surface area contributed by atoms with E-state index in [4.69, 9.17) is 21.1 Å². The minimum atomic E-state index is -3.96. The molecule has 4 aromatic rings. The fourth-order valence-electron chi connectivity index (χ4n) is 5.14. The van der Waals surface area contributed by atoms with E-state index in [1.54, 1.807) is 0 Å². The van der Waals surface area contributed by atoms with Gasteiger partial charge in [0.2, 0.25) is 9.84 Å². The van der Waals surface area contributed by atoms with Gasteiger partial charge in [0.25, 0.3) is 11.8 Å². The van der Waals surface area contributed by atoms with Crippen LogP contribution in [0.2, 0.25) is 5.02 Å². The van der Waals surface area contributed by atoms with Gasteiger partial charge in [-0.05, 0) is 91.5 Å². The Balaban J connectivity index is 1.26. The van der Waals surface area contributed by atoms with Gasteiger partial charge in [0.15, 0.2) is 0 Å². The summed E-state index contributed by atoms with van der Waals surface area (Å²) in [6.07, 6.45) is 1.59. The van der Waals surface area contributed by atoms with Gasteiger partial charge in [0.1, 0.15) is 18.4 Å². The Morgan fingerprint density at radius 2 is 1.52 bits per heavy atom. The normalized spacial score (nSPS) is 13.4. The number of rotatable bonds is 14. The minimum Gasteiger partial charge on any atom is -0.497 e. The molecule has 0 spiro atoms. The molecule has 4 aromatic carbocycles. The van der Waals surface area contributed by atoms with Gasteiger partial charge in [0, 0.05) is 11.6 Å². The fourth-order valence-corrected chi connectivity index (χ4v) is 6.55. The summed E-state index contributed by atoms with van der Waals surface area (Å²) in [5, 5.41) is 3.89. The Morgan fingerprint density at radius 3 is 2.22 bits per heavy atom. The van der Waals surface area contributed by atoms with Gasteiger partial charge in [0.05, 0.1) is 28.0 Å². The Kier molecular flexibility index (Phi) is 10.5. The molecule has 5 rings (SSSR count). The molecule has 11 heteroatoms. The quantitative estimate of drug-likeness (QED) is 0.107. The summed E-state index contributed by atoms with van der Waals surface area (Å²) >= 11 is 5.98. The molecule has 2 amide bonds. The number of benzene rings is 4. The molecule has 238 valence electrons. The Labute approximate surface area is 273 Å². The average Bonchev–Trinajstić information content (AvgIpc) is 3.32. The van der Waals surface area contributed by atoms with Gasteiger partial charge in [-0.15, -0.1) is 0 Å². The number of halogens is 1. The lowest BCUT2D eigenvalue weighted by Gasteiger charge is -2.21. The Morgan fingerprint density at radius 1 is 0.848 bits per heavy atom. The van der Waals surface area contributed by atoms with Crippen LogP contribution in [0.1, 0.15) is 44.7 Å². The number of imide groups is 1. The number of amides is 2. The third-order valence-corrected chi connectivity index (χ3v) is 9.74. The molecule has 0 saturated heterocycles. The second-order valence-electron chi connectivity index (χ2n) is 10.8. The predicted octanol–water partition coefficient (Wildman–Crippen LogP) is 5.50. The molecule has 0 fully saturated rings. The van der Waals surface area contributed by atoms with Gasteiger partial charge in [-0.1, -0.05) is 54.1 Å². The van der Waals surface area contributed by atoms with Crippen LogP contribution in [0.25, 0.3) is 0 Å². The van der Waals surface area contributed by atoms with Gasteiger partial charge >= 0.3 is 5.97 Å². The molecule has 1 heterocycles. The van der Waals surface area contributed by atoms with Crippen LogP contribution < -0.4 is 10.1 Å². The number of esters is 1. The van der Waals surface area contributed by atoms with E-state index >= 15 is 0 Å². The largest absolute Gasteiger partial charge is 0.497 e. The Hall–Kier alpha value is -4.51. The predicted molar refractivity (Wildman–Crippen MR) is 173 cm³/mol. The SMILES string of the molecule is COc1ccc(S(=O)(=O)c2ccc3c(c2)C(=O)N(CCC(NCCCc2ccc(Cl)cc2)C(=O)OCc2ccccc2)C3=O)cc1. The molecule has 0 aromatic heterocycles. The number of aryl methyl sites for hydroxylation is 1. The number of nitrogens with one attached hydrogen (secondary N) is 1. The highest BCUT2D eigenvalue weighted by molar-refractivity contribution is 7.91. The van der Waals surface area contributed by atoms with Crippen molar-refractivity contribution in [2.24, 2.45) is 0 Å². The van der Waals surface area contributed by atoms with Gasteiger partial charge in [-0.25, -0.2) is 8.42 Å². The van der Waals surface area contributed by atoms with E-state index in [0.717, 1.165) is 28.9 Å². The lowest BCUT2D eigenvalue weighted by molar-refractivity contribution is -0.147. The van der Waals surface area contributed by atoms with Crippen LogP contribution in [0.4, 0.5) is 0 Å². The number of hydrogen-bond donors (Lipinski definition) is 1. The smallest absolute Gasteiger partial charge is 0.323 e. The molecule has 1 aliphatic rings. The number of fused-ring (bicyclic) bond motifs is 1. The Bertz CT molecular complexity index is 1810. The van der Waals surface area contributed by atoms with E-state index < -0.39 is 33.7 Å². The van der Waals surface area contributed by atoms with Crippen LogP contribution in [0.3, 0.4) is 0 Å². The van der Waals surface area contributed by atoms with Crippen molar-refractivity contribution in [3.8, 4) is 5.75 Å². The molecule has 1 atom stereocenters. The zero-order chi connectivity index (χ0) is 32.7. The highest BCUT2D eigenvalue weighted by atomic mass is 35.5. The third-order valence-electron chi connectivity index (χ3n) is 7.72. The summed E-state index contributed by atoms with van der Waals surface area (Å²) in [5.74, 6) is -1.17. The van der Waals surface area contributed by atoms with Crippen molar-refractivity contribution < 1.29 is 32.3 Å². The lowest BCUT2D eigenvalue weighted by Crippen LogP contribution is -2.42. The molecule has 1 unspecified atom stereocenters. The van der Waals surface area contributed by atoms with E-state index in [0.29, 0.717) is 17.3 Å². The molecular weight excluding hydrogens is 628 g/mol. The fraction of sp³-hybridized carbons (Fsp3) is 0.229. The van der Waals surface area contributed by atoms with E-state index in [-0.39, 0.29) is 40.5 Å². The second-order valence-corrected chi connectivity index (χ2v) is 13.2. The van der Waals surface area contributed by atoms with Crippen molar-refractivity contribution >= 4 is 39.2 Å². The molecule has 0 radical (unpaired) electrons. The highest BCUT2D eigenvalue weighted by Gasteiger charge is 2.37. The zero-order valence-corrected chi connectivity index (χ0v) is 26.7. The number of methoxy groups -OCH3 is 1. The maximum atomic E-state index is 13.4. The van der Waals surface area contributed by atoms with Crippen LogP contribution in [0, 0.1) is 0 Å². The molecule has 0 saturated carbocycles. The van der Waals surface area contributed by atoms with Crippen molar-refractivity contribution in [3.05, 3.63) is 124 Å². The van der Waals surface area contributed by atoms with Crippen LogP contribution >= 0.6 is 11.6 Å². The molecule has 1 aliphatic heterocycles. The number of hydrogen-bond acceptors (Lipinski definition) is 8. The first kappa shape index (κ1) is 32.9. The first-order chi connectivity index (χ1) is 22.2. The number of ether oxygens (including phenoxy) is 2. The number of sulfone groups is 1. The summed E-state index contributed by atoms with van der Waals surface area (Å²) in [7, 11) is -2.48. The third kappa shape index (κ3) is 7.64. The number of carbonyl (C=O) groups is 3. The summed E-state index contributed by atoms with van der Waals surface area (Å²) in [5.41, 5.74) is 2.04. The van der Waals surface area contributed by atoms with E-state index in [1.807, 2.05) is 54.6 Å². The average molecular weight is 661 g/mol. The summed E-state index contributed by atoms with van der Waals surface area (Å²) < 4.78 is 37.2. The summed E-state index contributed by atoms with van der Waals surface area (Å²) in [4.78, 5) is 40.8. The van der Waals surface area contributed by atoms with Crippen LogP contribution in [-0.4, -0.2) is 57.3 Å².